The summed E-state index contributed by atoms with van der Waals surface area (Å²) in [5, 5.41) is 8.69. The molecule has 1 aromatic rings. The highest BCUT2D eigenvalue weighted by atomic mass is 32.2. The number of aliphatic hydroxyl groups excluding tert-OH is 1. The van der Waals surface area contributed by atoms with Gasteiger partial charge in [-0.25, -0.2) is 0 Å². The standard InChI is InChI=1S/C15H20N2O2S/c1-12(11-20-3)17(2)15(19)14-8-13(9-16-10-14)6-4-5-7-18/h8-10,12,18H,5,7,11H2,1-3H3. The van der Waals surface area contributed by atoms with E-state index in [9.17, 15) is 4.79 Å². The number of hydrogen-bond donors (Lipinski definition) is 1. The number of pyridine rings is 1. The second kappa shape index (κ2) is 8.62. The number of nitrogens with zero attached hydrogens (tertiary/aromatic N) is 2. The van der Waals surface area contributed by atoms with Crippen LogP contribution in [0.1, 0.15) is 29.3 Å². The second-order valence-corrected chi connectivity index (χ2v) is 5.37. The lowest BCUT2D eigenvalue weighted by atomic mass is 10.1. The zero-order valence-electron chi connectivity index (χ0n) is 12.1. The van der Waals surface area contributed by atoms with Gasteiger partial charge < -0.3 is 10.0 Å². The predicted octanol–water partition coefficient (Wildman–Crippen LogP) is 1.64. The molecule has 1 unspecified atom stereocenters. The first-order valence-electron chi connectivity index (χ1n) is 6.41. The number of rotatable bonds is 5. The van der Waals surface area contributed by atoms with Gasteiger partial charge in [0.05, 0.1) is 12.2 Å². The highest BCUT2D eigenvalue weighted by Gasteiger charge is 2.17. The lowest BCUT2D eigenvalue weighted by Gasteiger charge is -2.24. The Morgan fingerprint density at radius 3 is 2.95 bits per heavy atom. The average Bonchev–Trinajstić information content (AvgIpc) is 2.46. The molecule has 0 aliphatic rings. The summed E-state index contributed by atoms with van der Waals surface area (Å²) in [7, 11) is 1.80. The van der Waals surface area contributed by atoms with Crippen LogP contribution in [0.3, 0.4) is 0 Å². The van der Waals surface area contributed by atoms with Gasteiger partial charge in [0.15, 0.2) is 0 Å². The van der Waals surface area contributed by atoms with E-state index in [-0.39, 0.29) is 18.6 Å². The van der Waals surface area contributed by atoms with Crippen molar-refractivity contribution in [1.29, 1.82) is 0 Å². The van der Waals surface area contributed by atoms with E-state index < -0.39 is 0 Å². The van der Waals surface area contributed by atoms with Gasteiger partial charge in [-0.3, -0.25) is 9.78 Å². The Bertz CT molecular complexity index is 508. The molecule has 1 atom stereocenters. The highest BCUT2D eigenvalue weighted by Crippen LogP contribution is 2.10. The lowest BCUT2D eigenvalue weighted by Crippen LogP contribution is -2.36. The minimum absolute atomic E-state index is 0.0357. The molecule has 4 nitrogen and oxygen atoms in total. The average molecular weight is 292 g/mol. The molecule has 1 aromatic heterocycles. The topological polar surface area (TPSA) is 53.4 Å². The molecule has 1 rings (SSSR count). The van der Waals surface area contributed by atoms with Crippen molar-refractivity contribution in [2.75, 3.05) is 25.7 Å². The number of thioether (sulfide) groups is 1. The van der Waals surface area contributed by atoms with Crippen molar-refractivity contribution in [1.82, 2.24) is 9.88 Å². The molecular formula is C15H20N2O2S. The minimum Gasteiger partial charge on any atom is -0.395 e. The van der Waals surface area contributed by atoms with Crippen molar-refractivity contribution in [2.24, 2.45) is 0 Å². The van der Waals surface area contributed by atoms with Crippen LogP contribution in [0.2, 0.25) is 0 Å². The van der Waals surface area contributed by atoms with Crippen LogP contribution in [0.5, 0.6) is 0 Å². The number of carbonyl (C=O) groups is 1. The fourth-order valence-electron chi connectivity index (χ4n) is 1.60. The van der Waals surface area contributed by atoms with Crippen LogP contribution in [0.15, 0.2) is 18.5 Å². The van der Waals surface area contributed by atoms with Gasteiger partial charge in [0.25, 0.3) is 5.91 Å². The summed E-state index contributed by atoms with van der Waals surface area (Å²) in [6.07, 6.45) is 5.62. The summed E-state index contributed by atoms with van der Waals surface area (Å²) in [5.74, 6) is 6.55. The van der Waals surface area contributed by atoms with E-state index in [4.69, 9.17) is 5.11 Å². The Kier molecular flexibility index (Phi) is 7.13. The molecule has 5 heteroatoms. The Hall–Kier alpha value is -1.51. The molecule has 0 aliphatic carbocycles. The summed E-state index contributed by atoms with van der Waals surface area (Å²) in [5.41, 5.74) is 1.23. The summed E-state index contributed by atoms with van der Waals surface area (Å²) in [6.45, 7) is 2.06. The molecule has 0 aliphatic heterocycles. The second-order valence-electron chi connectivity index (χ2n) is 4.46. The minimum atomic E-state index is -0.0511. The van der Waals surface area contributed by atoms with E-state index in [0.29, 0.717) is 17.5 Å². The van der Waals surface area contributed by atoms with Gasteiger partial charge >= 0.3 is 0 Å². The first-order chi connectivity index (χ1) is 9.60. The third-order valence-corrected chi connectivity index (χ3v) is 3.66. The van der Waals surface area contributed by atoms with Gasteiger partial charge in [0.1, 0.15) is 0 Å². The van der Waals surface area contributed by atoms with E-state index in [0.717, 1.165) is 5.75 Å². The lowest BCUT2D eigenvalue weighted by molar-refractivity contribution is 0.0757. The van der Waals surface area contributed by atoms with Crippen LogP contribution < -0.4 is 0 Å². The summed E-state index contributed by atoms with van der Waals surface area (Å²) >= 11 is 1.71. The molecule has 1 N–H and O–H groups in total. The Morgan fingerprint density at radius 1 is 1.55 bits per heavy atom. The van der Waals surface area contributed by atoms with Crippen LogP contribution in [0.4, 0.5) is 0 Å². The Balaban J connectivity index is 2.84. The zero-order chi connectivity index (χ0) is 15.0. The molecule has 20 heavy (non-hydrogen) atoms. The molecule has 0 saturated carbocycles. The van der Waals surface area contributed by atoms with Crippen LogP contribution in [-0.4, -0.2) is 52.6 Å². The van der Waals surface area contributed by atoms with Gasteiger partial charge in [0, 0.05) is 43.2 Å². The fourth-order valence-corrected chi connectivity index (χ4v) is 2.31. The van der Waals surface area contributed by atoms with Gasteiger partial charge in [-0.15, -0.1) is 0 Å². The number of hydrogen-bond acceptors (Lipinski definition) is 4. The zero-order valence-corrected chi connectivity index (χ0v) is 12.9. The van der Waals surface area contributed by atoms with Crippen molar-refractivity contribution < 1.29 is 9.90 Å². The molecule has 0 radical (unpaired) electrons. The van der Waals surface area contributed by atoms with Crippen LogP contribution >= 0.6 is 11.8 Å². The molecular weight excluding hydrogens is 272 g/mol. The molecule has 1 heterocycles. The largest absolute Gasteiger partial charge is 0.395 e. The van der Waals surface area contributed by atoms with Crippen molar-refractivity contribution in [3.63, 3.8) is 0 Å². The van der Waals surface area contributed by atoms with Gasteiger partial charge in [-0.2, -0.15) is 11.8 Å². The molecule has 0 aromatic carbocycles. The molecule has 1 amide bonds. The van der Waals surface area contributed by atoms with E-state index in [1.165, 1.54) is 0 Å². The normalized spacial score (nSPS) is 11.4. The van der Waals surface area contributed by atoms with Gasteiger partial charge in [0.2, 0.25) is 0 Å². The molecule has 0 fully saturated rings. The molecule has 108 valence electrons. The van der Waals surface area contributed by atoms with E-state index >= 15 is 0 Å². The number of amides is 1. The van der Waals surface area contributed by atoms with Crippen molar-refractivity contribution >= 4 is 17.7 Å². The maximum absolute atomic E-state index is 12.3. The molecule has 0 spiro atoms. The number of carbonyl (C=O) groups excluding carboxylic acids is 1. The van der Waals surface area contributed by atoms with E-state index in [1.807, 2.05) is 13.2 Å². The molecule has 0 saturated heterocycles. The van der Waals surface area contributed by atoms with Gasteiger partial charge in [-0.1, -0.05) is 11.8 Å². The van der Waals surface area contributed by atoms with E-state index in [1.54, 1.807) is 42.2 Å². The quantitative estimate of drug-likeness (QED) is 0.838. The smallest absolute Gasteiger partial charge is 0.255 e. The molecule has 0 bridgehead atoms. The van der Waals surface area contributed by atoms with Gasteiger partial charge in [-0.05, 0) is 19.2 Å². The van der Waals surface area contributed by atoms with Crippen molar-refractivity contribution in [3.05, 3.63) is 29.6 Å². The van der Waals surface area contributed by atoms with Crippen LogP contribution in [0, 0.1) is 11.8 Å². The maximum atomic E-state index is 12.3. The predicted molar refractivity (Wildman–Crippen MR) is 82.8 cm³/mol. The van der Waals surface area contributed by atoms with Crippen LogP contribution in [-0.2, 0) is 0 Å². The highest BCUT2D eigenvalue weighted by molar-refractivity contribution is 7.98. The number of aliphatic hydroxyl groups is 1. The first-order valence-corrected chi connectivity index (χ1v) is 7.80. The van der Waals surface area contributed by atoms with Crippen molar-refractivity contribution in [2.45, 2.75) is 19.4 Å². The Labute approximate surface area is 124 Å². The summed E-state index contributed by atoms with van der Waals surface area (Å²) in [4.78, 5) is 18.1. The fraction of sp³-hybridized carbons (Fsp3) is 0.467. The van der Waals surface area contributed by atoms with Crippen molar-refractivity contribution in [3.8, 4) is 11.8 Å². The van der Waals surface area contributed by atoms with E-state index in [2.05, 4.69) is 16.8 Å². The SMILES string of the molecule is CSCC(C)N(C)C(=O)c1cncc(C#CCCO)c1. The first kappa shape index (κ1) is 16.5. The third kappa shape index (κ3) is 4.87. The monoisotopic (exact) mass is 292 g/mol. The van der Waals surface area contributed by atoms with Crippen LogP contribution in [0.25, 0.3) is 0 Å². The summed E-state index contributed by atoms with van der Waals surface area (Å²) < 4.78 is 0. The summed E-state index contributed by atoms with van der Waals surface area (Å²) in [6, 6.07) is 1.91. The maximum Gasteiger partial charge on any atom is 0.255 e. The third-order valence-electron chi connectivity index (χ3n) is 2.84. The number of aromatic nitrogens is 1. The Morgan fingerprint density at radius 2 is 2.30 bits per heavy atom.